The van der Waals surface area contributed by atoms with Crippen LogP contribution in [0.25, 0.3) is 0 Å². The summed E-state index contributed by atoms with van der Waals surface area (Å²) in [6, 6.07) is 5.48. The smallest absolute Gasteiger partial charge is 0.216 e. The van der Waals surface area contributed by atoms with E-state index >= 15 is 0 Å². The Balaban J connectivity index is 1.52. The molecule has 0 aromatic carbocycles. The molecule has 5 nitrogen and oxygen atoms in total. The van der Waals surface area contributed by atoms with Crippen LogP contribution in [0.4, 0.5) is 0 Å². The molecule has 0 bridgehead atoms. The van der Waals surface area contributed by atoms with Gasteiger partial charge in [0.1, 0.15) is 25.4 Å². The zero-order valence-electron chi connectivity index (χ0n) is 8.80. The van der Waals surface area contributed by atoms with Crippen molar-refractivity contribution in [1.29, 1.82) is 0 Å². The summed E-state index contributed by atoms with van der Waals surface area (Å²) < 4.78 is 21.0. The van der Waals surface area contributed by atoms with Gasteiger partial charge in [-0.3, -0.25) is 0 Å². The van der Waals surface area contributed by atoms with Gasteiger partial charge < -0.3 is 18.9 Å². The molecule has 0 aliphatic carbocycles. The van der Waals surface area contributed by atoms with Crippen LogP contribution in [0.15, 0.2) is 18.2 Å². The summed E-state index contributed by atoms with van der Waals surface area (Å²) >= 11 is 0. The van der Waals surface area contributed by atoms with Crippen molar-refractivity contribution in [2.24, 2.45) is 0 Å². The minimum atomic E-state index is 0.242. The molecule has 1 aromatic rings. The van der Waals surface area contributed by atoms with Crippen LogP contribution in [-0.4, -0.2) is 43.6 Å². The second kappa shape index (κ2) is 4.27. The van der Waals surface area contributed by atoms with E-state index in [-0.39, 0.29) is 12.2 Å². The van der Waals surface area contributed by atoms with Crippen LogP contribution >= 0.6 is 0 Å². The number of rotatable bonds is 6. The molecule has 16 heavy (non-hydrogen) atoms. The Labute approximate surface area is 93.3 Å². The van der Waals surface area contributed by atoms with Crippen molar-refractivity contribution in [1.82, 2.24) is 4.98 Å². The van der Waals surface area contributed by atoms with Crippen LogP contribution in [0.3, 0.4) is 0 Å². The molecule has 3 rings (SSSR count). The van der Waals surface area contributed by atoms with E-state index < -0.39 is 0 Å². The molecule has 0 N–H and O–H groups in total. The number of nitrogens with zero attached hydrogens (tertiary/aromatic N) is 1. The first-order chi connectivity index (χ1) is 7.90. The molecule has 2 unspecified atom stereocenters. The fraction of sp³-hybridized carbons (Fsp3) is 0.545. The van der Waals surface area contributed by atoms with Gasteiger partial charge in [0.25, 0.3) is 0 Å². The molecule has 2 saturated heterocycles. The maximum Gasteiger partial charge on any atom is 0.216 e. The number of ether oxygens (including phenoxy) is 4. The lowest BCUT2D eigenvalue weighted by atomic mass is 10.4. The summed E-state index contributed by atoms with van der Waals surface area (Å²) in [4.78, 5) is 4.22. The predicted molar refractivity (Wildman–Crippen MR) is 54.7 cm³/mol. The van der Waals surface area contributed by atoms with Crippen molar-refractivity contribution in [2.45, 2.75) is 12.2 Å². The molecule has 2 aliphatic heterocycles. The molecule has 0 spiro atoms. The summed E-state index contributed by atoms with van der Waals surface area (Å²) in [7, 11) is 0. The van der Waals surface area contributed by atoms with Crippen molar-refractivity contribution < 1.29 is 18.9 Å². The van der Waals surface area contributed by atoms with E-state index in [1.54, 1.807) is 0 Å². The first-order valence-electron chi connectivity index (χ1n) is 5.36. The predicted octanol–water partition coefficient (Wildman–Crippen LogP) is 0.637. The van der Waals surface area contributed by atoms with Gasteiger partial charge in [-0.05, 0) is 0 Å². The third kappa shape index (κ3) is 2.84. The molecule has 1 aromatic heterocycles. The fourth-order valence-corrected chi connectivity index (χ4v) is 1.24. The van der Waals surface area contributed by atoms with Crippen molar-refractivity contribution in [3.05, 3.63) is 18.2 Å². The second-order valence-electron chi connectivity index (χ2n) is 3.85. The highest BCUT2D eigenvalue weighted by Gasteiger charge is 2.24. The largest absolute Gasteiger partial charge is 0.475 e. The molecule has 86 valence electrons. The maximum absolute atomic E-state index is 5.45. The summed E-state index contributed by atoms with van der Waals surface area (Å²) in [6.45, 7) is 2.69. The SMILES string of the molecule is c1cc(OCC2CO2)nc(OCC2CO2)c1. The van der Waals surface area contributed by atoms with Gasteiger partial charge in [0.05, 0.1) is 13.2 Å². The van der Waals surface area contributed by atoms with Gasteiger partial charge >= 0.3 is 0 Å². The molecule has 5 heteroatoms. The Hall–Kier alpha value is -1.33. The molecule has 0 saturated carbocycles. The average Bonchev–Trinajstić information content (AvgIpc) is 3.17. The quantitative estimate of drug-likeness (QED) is 0.662. The van der Waals surface area contributed by atoms with E-state index in [0.717, 1.165) is 13.2 Å². The molecule has 0 amide bonds. The van der Waals surface area contributed by atoms with Crippen LogP contribution in [0.5, 0.6) is 11.8 Å². The third-order valence-corrected chi connectivity index (χ3v) is 2.34. The zero-order chi connectivity index (χ0) is 10.8. The minimum absolute atomic E-state index is 0.242. The molecule has 2 fully saturated rings. The Kier molecular flexibility index (Phi) is 2.63. The van der Waals surface area contributed by atoms with E-state index in [0.29, 0.717) is 25.0 Å². The van der Waals surface area contributed by atoms with E-state index in [2.05, 4.69) is 4.98 Å². The van der Waals surface area contributed by atoms with Gasteiger partial charge in [-0.2, -0.15) is 4.98 Å². The van der Waals surface area contributed by atoms with Crippen LogP contribution in [0.1, 0.15) is 0 Å². The third-order valence-electron chi connectivity index (χ3n) is 2.34. The summed E-state index contributed by atoms with van der Waals surface area (Å²) in [5, 5.41) is 0. The van der Waals surface area contributed by atoms with E-state index in [4.69, 9.17) is 18.9 Å². The number of hydrogen-bond acceptors (Lipinski definition) is 5. The van der Waals surface area contributed by atoms with Crippen molar-refractivity contribution in [3.63, 3.8) is 0 Å². The van der Waals surface area contributed by atoms with Crippen LogP contribution < -0.4 is 9.47 Å². The van der Waals surface area contributed by atoms with Gasteiger partial charge in [-0.15, -0.1) is 0 Å². The van der Waals surface area contributed by atoms with Crippen LogP contribution in [-0.2, 0) is 9.47 Å². The molecule has 2 aliphatic rings. The fourth-order valence-electron chi connectivity index (χ4n) is 1.24. The lowest BCUT2D eigenvalue weighted by Crippen LogP contribution is -2.08. The topological polar surface area (TPSA) is 56.4 Å². The van der Waals surface area contributed by atoms with Gasteiger partial charge in [-0.1, -0.05) is 6.07 Å². The van der Waals surface area contributed by atoms with Gasteiger partial charge in [0, 0.05) is 12.1 Å². The molecule has 2 atom stereocenters. The van der Waals surface area contributed by atoms with Crippen molar-refractivity contribution >= 4 is 0 Å². The number of hydrogen-bond donors (Lipinski definition) is 0. The van der Waals surface area contributed by atoms with Gasteiger partial charge in [0.2, 0.25) is 11.8 Å². The minimum Gasteiger partial charge on any atom is -0.475 e. The number of aromatic nitrogens is 1. The molecular formula is C11H13NO4. The van der Waals surface area contributed by atoms with Crippen LogP contribution in [0, 0.1) is 0 Å². The Bertz CT molecular complexity index is 332. The maximum atomic E-state index is 5.45. The first-order valence-corrected chi connectivity index (χ1v) is 5.36. The van der Waals surface area contributed by atoms with E-state index in [1.165, 1.54) is 0 Å². The summed E-state index contributed by atoms with van der Waals surface area (Å²) in [5.41, 5.74) is 0. The van der Waals surface area contributed by atoms with E-state index in [9.17, 15) is 0 Å². The van der Waals surface area contributed by atoms with Crippen molar-refractivity contribution in [2.75, 3.05) is 26.4 Å². The van der Waals surface area contributed by atoms with Gasteiger partial charge in [0.15, 0.2) is 0 Å². The second-order valence-corrected chi connectivity index (χ2v) is 3.85. The Morgan fingerprint density at radius 1 is 1.06 bits per heavy atom. The zero-order valence-corrected chi connectivity index (χ0v) is 8.80. The molecular weight excluding hydrogens is 210 g/mol. The average molecular weight is 223 g/mol. The summed E-state index contributed by atoms with van der Waals surface area (Å²) in [5.74, 6) is 1.15. The van der Waals surface area contributed by atoms with Crippen molar-refractivity contribution in [3.8, 4) is 11.8 Å². The Morgan fingerprint density at radius 2 is 1.56 bits per heavy atom. The Morgan fingerprint density at radius 3 is 2.00 bits per heavy atom. The molecule has 3 heterocycles. The number of pyridine rings is 1. The molecule has 0 radical (unpaired) electrons. The lowest BCUT2D eigenvalue weighted by molar-refractivity contribution is 0.237. The van der Waals surface area contributed by atoms with Crippen LogP contribution in [0.2, 0.25) is 0 Å². The summed E-state index contributed by atoms with van der Waals surface area (Å²) in [6.07, 6.45) is 0.484. The highest BCUT2D eigenvalue weighted by Crippen LogP contribution is 2.17. The first kappa shape index (κ1) is 9.86. The number of epoxide rings is 2. The highest BCUT2D eigenvalue weighted by molar-refractivity contribution is 5.19. The van der Waals surface area contributed by atoms with Gasteiger partial charge in [-0.25, -0.2) is 0 Å². The lowest BCUT2D eigenvalue weighted by Gasteiger charge is -2.06. The standard InChI is InChI=1S/C11H13NO4/c1-2-10(15-6-8-4-13-8)12-11(3-1)16-7-9-5-14-9/h1-3,8-9H,4-7H2. The normalized spacial score (nSPS) is 26.2. The monoisotopic (exact) mass is 223 g/mol. The highest BCUT2D eigenvalue weighted by atomic mass is 16.6. The van der Waals surface area contributed by atoms with E-state index in [1.807, 2.05) is 18.2 Å².